The number of furan rings is 1. The molecule has 1 N–H and O–H groups in total. The number of nitrogens with one attached hydrogen (secondary N) is 1. The van der Waals surface area contributed by atoms with Crippen LogP contribution in [0.25, 0.3) is 32.7 Å². The van der Waals surface area contributed by atoms with E-state index in [4.69, 9.17) is 4.42 Å². The van der Waals surface area contributed by atoms with E-state index in [0.717, 1.165) is 27.9 Å². The molecule has 0 spiro atoms. The molecule has 132 valence electrons. The molecule has 0 fully saturated rings. The van der Waals surface area contributed by atoms with Crippen molar-refractivity contribution in [2.45, 2.75) is 19.8 Å². The zero-order valence-electron chi connectivity index (χ0n) is 15.5. The molecule has 0 amide bonds. The van der Waals surface area contributed by atoms with Gasteiger partial charge in [0.25, 0.3) is 0 Å². The van der Waals surface area contributed by atoms with Crippen LogP contribution in [-0.2, 0) is 0 Å². The van der Waals surface area contributed by atoms with Gasteiger partial charge < -0.3 is 9.73 Å². The average molecular weight is 351 g/mol. The Morgan fingerprint density at radius 3 is 2.30 bits per heavy atom. The summed E-state index contributed by atoms with van der Waals surface area (Å²) in [6.07, 6.45) is 0. The van der Waals surface area contributed by atoms with Gasteiger partial charge in [0, 0.05) is 16.5 Å². The van der Waals surface area contributed by atoms with Gasteiger partial charge in [-0.05, 0) is 46.5 Å². The summed E-state index contributed by atoms with van der Waals surface area (Å²) in [5.74, 6) is 0.392. The summed E-state index contributed by atoms with van der Waals surface area (Å²) in [4.78, 5) is 0. The van der Waals surface area contributed by atoms with Crippen molar-refractivity contribution in [2.75, 3.05) is 5.32 Å². The maximum absolute atomic E-state index is 6.49. The fraction of sp³-hybridized carbons (Fsp3) is 0.120. The lowest BCUT2D eigenvalue weighted by atomic mass is 9.95. The minimum Gasteiger partial charge on any atom is -0.454 e. The minimum absolute atomic E-state index is 0.392. The van der Waals surface area contributed by atoms with Crippen LogP contribution in [0, 0.1) is 0 Å². The van der Waals surface area contributed by atoms with Crippen molar-refractivity contribution >= 4 is 44.1 Å². The SMILES string of the molecule is CC(C)c1cc2ccccc2c2c1oc1c(Nc3ccccc3)cccc12. The number of fused-ring (bicyclic) bond motifs is 5. The van der Waals surface area contributed by atoms with Gasteiger partial charge in [0.15, 0.2) is 5.58 Å². The molecule has 0 radical (unpaired) electrons. The van der Waals surface area contributed by atoms with E-state index < -0.39 is 0 Å². The van der Waals surface area contributed by atoms with E-state index in [0.29, 0.717) is 5.92 Å². The highest BCUT2D eigenvalue weighted by molar-refractivity contribution is 6.21. The predicted octanol–water partition coefficient (Wildman–Crippen LogP) is 7.61. The fourth-order valence-corrected chi connectivity index (χ4v) is 3.88. The first-order valence-corrected chi connectivity index (χ1v) is 9.41. The van der Waals surface area contributed by atoms with Crippen LogP contribution in [0.1, 0.15) is 25.3 Å². The first kappa shape index (κ1) is 16.0. The first-order valence-electron chi connectivity index (χ1n) is 9.41. The lowest BCUT2D eigenvalue weighted by Crippen LogP contribution is -1.89. The summed E-state index contributed by atoms with van der Waals surface area (Å²) < 4.78 is 6.49. The van der Waals surface area contributed by atoms with Gasteiger partial charge in [0.05, 0.1) is 5.69 Å². The van der Waals surface area contributed by atoms with Crippen LogP contribution in [-0.4, -0.2) is 0 Å². The molecule has 0 saturated carbocycles. The van der Waals surface area contributed by atoms with Crippen LogP contribution in [0.5, 0.6) is 0 Å². The number of benzene rings is 4. The number of rotatable bonds is 3. The quantitative estimate of drug-likeness (QED) is 0.362. The molecule has 0 saturated heterocycles. The van der Waals surface area contributed by atoms with Crippen molar-refractivity contribution in [1.82, 2.24) is 0 Å². The topological polar surface area (TPSA) is 25.2 Å². The zero-order valence-corrected chi connectivity index (χ0v) is 15.5. The van der Waals surface area contributed by atoms with Crippen molar-refractivity contribution in [1.29, 1.82) is 0 Å². The minimum atomic E-state index is 0.392. The van der Waals surface area contributed by atoms with E-state index in [1.54, 1.807) is 0 Å². The van der Waals surface area contributed by atoms with Crippen LogP contribution < -0.4 is 5.32 Å². The molecule has 0 aliphatic rings. The smallest absolute Gasteiger partial charge is 0.158 e. The largest absolute Gasteiger partial charge is 0.454 e. The number of hydrogen-bond donors (Lipinski definition) is 1. The second kappa shape index (κ2) is 6.17. The van der Waals surface area contributed by atoms with Gasteiger partial charge in [-0.3, -0.25) is 0 Å². The number of anilines is 2. The molecule has 0 atom stereocenters. The van der Waals surface area contributed by atoms with Crippen LogP contribution in [0.3, 0.4) is 0 Å². The Balaban J connectivity index is 1.85. The highest BCUT2D eigenvalue weighted by atomic mass is 16.3. The van der Waals surface area contributed by atoms with E-state index >= 15 is 0 Å². The summed E-state index contributed by atoms with van der Waals surface area (Å²) in [7, 11) is 0. The Bertz CT molecular complexity index is 1270. The average Bonchev–Trinajstić information content (AvgIpc) is 3.09. The van der Waals surface area contributed by atoms with Crippen LogP contribution >= 0.6 is 0 Å². The van der Waals surface area contributed by atoms with Gasteiger partial charge in [-0.25, -0.2) is 0 Å². The fourth-order valence-electron chi connectivity index (χ4n) is 3.88. The molecule has 2 heteroatoms. The Morgan fingerprint density at radius 1 is 0.741 bits per heavy atom. The van der Waals surface area contributed by atoms with Crippen LogP contribution in [0.15, 0.2) is 83.3 Å². The third kappa shape index (κ3) is 2.57. The summed E-state index contributed by atoms with van der Waals surface area (Å²) in [5.41, 5.74) is 5.22. The third-order valence-electron chi connectivity index (χ3n) is 5.19. The molecular formula is C25H21NO. The Kier molecular flexibility index (Phi) is 3.64. The zero-order chi connectivity index (χ0) is 18.4. The Labute approximate surface area is 158 Å². The van der Waals surface area contributed by atoms with E-state index in [1.807, 2.05) is 18.2 Å². The molecule has 2 nitrogen and oxygen atoms in total. The molecule has 5 rings (SSSR count). The van der Waals surface area contributed by atoms with Gasteiger partial charge in [-0.2, -0.15) is 0 Å². The lowest BCUT2D eigenvalue weighted by molar-refractivity contribution is 0.658. The lowest BCUT2D eigenvalue weighted by Gasteiger charge is -2.09. The molecule has 0 aliphatic carbocycles. The number of para-hydroxylation sites is 2. The van der Waals surface area contributed by atoms with Crippen molar-refractivity contribution in [3.63, 3.8) is 0 Å². The molecule has 1 heterocycles. The highest BCUT2D eigenvalue weighted by Crippen LogP contribution is 2.41. The highest BCUT2D eigenvalue weighted by Gasteiger charge is 2.18. The van der Waals surface area contributed by atoms with Crippen molar-refractivity contribution in [2.24, 2.45) is 0 Å². The van der Waals surface area contributed by atoms with Gasteiger partial charge in [0.1, 0.15) is 5.58 Å². The third-order valence-corrected chi connectivity index (χ3v) is 5.19. The predicted molar refractivity (Wildman–Crippen MR) is 115 cm³/mol. The summed E-state index contributed by atoms with van der Waals surface area (Å²) in [6, 6.07) is 27.4. The van der Waals surface area contributed by atoms with Crippen molar-refractivity contribution in [3.8, 4) is 0 Å². The molecule has 4 aromatic carbocycles. The summed E-state index contributed by atoms with van der Waals surface area (Å²) in [6.45, 7) is 4.44. The summed E-state index contributed by atoms with van der Waals surface area (Å²) >= 11 is 0. The molecule has 0 bridgehead atoms. The van der Waals surface area contributed by atoms with E-state index in [2.05, 4.69) is 79.8 Å². The number of hydrogen-bond acceptors (Lipinski definition) is 2. The molecule has 0 aliphatic heterocycles. The van der Waals surface area contributed by atoms with Gasteiger partial charge in [-0.15, -0.1) is 0 Å². The second-order valence-electron chi connectivity index (χ2n) is 7.32. The molecule has 5 aromatic rings. The Hall–Kier alpha value is -3.26. The first-order chi connectivity index (χ1) is 13.2. The van der Waals surface area contributed by atoms with Crippen LogP contribution in [0.4, 0.5) is 11.4 Å². The monoisotopic (exact) mass is 351 g/mol. The molecule has 0 unspecified atom stereocenters. The van der Waals surface area contributed by atoms with Crippen molar-refractivity contribution < 1.29 is 4.42 Å². The van der Waals surface area contributed by atoms with Gasteiger partial charge in [-0.1, -0.05) is 68.4 Å². The molecule has 27 heavy (non-hydrogen) atoms. The molecular weight excluding hydrogens is 330 g/mol. The van der Waals surface area contributed by atoms with E-state index in [1.165, 1.54) is 21.7 Å². The standard InChI is InChI=1S/C25H21NO/c1-16(2)21-15-17-9-6-7-12-19(17)23-20-13-8-14-22(24(20)27-25(21)23)26-18-10-4-3-5-11-18/h3-16,26H,1-2H3. The van der Waals surface area contributed by atoms with Crippen LogP contribution in [0.2, 0.25) is 0 Å². The normalized spacial score (nSPS) is 11.7. The van der Waals surface area contributed by atoms with E-state index in [-0.39, 0.29) is 0 Å². The maximum atomic E-state index is 6.49. The maximum Gasteiger partial charge on any atom is 0.158 e. The second-order valence-corrected chi connectivity index (χ2v) is 7.32. The van der Waals surface area contributed by atoms with Gasteiger partial charge >= 0.3 is 0 Å². The molecule has 1 aromatic heterocycles. The van der Waals surface area contributed by atoms with Gasteiger partial charge in [0.2, 0.25) is 0 Å². The Morgan fingerprint density at radius 2 is 1.48 bits per heavy atom. The summed E-state index contributed by atoms with van der Waals surface area (Å²) in [5, 5.41) is 8.38. The van der Waals surface area contributed by atoms with E-state index in [9.17, 15) is 0 Å². The van der Waals surface area contributed by atoms with Crippen molar-refractivity contribution in [3.05, 3.63) is 84.4 Å².